The molecule has 2 atom stereocenters. The zero-order chi connectivity index (χ0) is 40.9. The minimum Gasteiger partial charge on any atom is -0.478 e. The summed E-state index contributed by atoms with van der Waals surface area (Å²) in [6, 6.07) is 16.0. The minimum atomic E-state index is -1.89. The van der Waals surface area contributed by atoms with Crippen LogP contribution in [-0.4, -0.2) is 81.0 Å². The van der Waals surface area contributed by atoms with Crippen molar-refractivity contribution in [2.75, 3.05) is 11.4 Å². The fourth-order valence-electron chi connectivity index (χ4n) is 5.77. The van der Waals surface area contributed by atoms with E-state index in [9.17, 15) is 43.8 Å². The molecule has 0 saturated carbocycles. The van der Waals surface area contributed by atoms with E-state index >= 15 is 0 Å². The first kappa shape index (κ1) is 42.9. The predicted octanol–water partition coefficient (Wildman–Crippen LogP) is 4.18. The number of hydrogen-bond acceptors (Lipinski definition) is 8. The number of hydrogen-bond donors (Lipinski definition) is 5. The lowest BCUT2D eigenvalue weighted by Gasteiger charge is -2.34. The average molecular weight is 758 g/mol. The van der Waals surface area contributed by atoms with Gasteiger partial charge < -0.3 is 36.6 Å². The number of rotatable bonds is 17. The van der Waals surface area contributed by atoms with Crippen LogP contribution in [-0.2, 0) is 41.6 Å². The molecule has 0 heterocycles. The van der Waals surface area contributed by atoms with Crippen LogP contribution in [0, 0.1) is 0 Å². The maximum Gasteiger partial charge on any atom is 0.408 e. The van der Waals surface area contributed by atoms with E-state index in [4.69, 9.17) is 16.2 Å². The largest absolute Gasteiger partial charge is 0.478 e. The number of aromatic carboxylic acids is 1. The quantitative estimate of drug-likeness (QED) is 0.0748. The molecule has 0 aliphatic rings. The summed E-state index contributed by atoms with van der Waals surface area (Å²) in [4.78, 5) is 91.9. The summed E-state index contributed by atoms with van der Waals surface area (Å²) in [6.45, 7) is 7.11. The summed E-state index contributed by atoms with van der Waals surface area (Å²) < 4.78 is 5.46. The summed E-state index contributed by atoms with van der Waals surface area (Å²) >= 11 is 0. The molecule has 5 amide bonds. The van der Waals surface area contributed by atoms with E-state index in [2.05, 4.69) is 5.32 Å². The Morgan fingerprint density at radius 1 is 0.836 bits per heavy atom. The predicted molar refractivity (Wildman–Crippen MR) is 204 cm³/mol. The van der Waals surface area contributed by atoms with Crippen molar-refractivity contribution in [3.63, 3.8) is 0 Å². The number of carbonyl (C=O) groups is 7. The highest BCUT2D eigenvalue weighted by Gasteiger charge is 2.35. The number of para-hydroxylation sites is 1. The second-order valence-corrected chi connectivity index (χ2v) is 13.6. The zero-order valence-corrected chi connectivity index (χ0v) is 31.2. The van der Waals surface area contributed by atoms with Crippen molar-refractivity contribution in [3.05, 3.63) is 101 Å². The number of amides is 5. The van der Waals surface area contributed by atoms with Crippen molar-refractivity contribution in [1.82, 2.24) is 10.2 Å². The Labute approximate surface area is 318 Å². The van der Waals surface area contributed by atoms with E-state index in [0.717, 1.165) is 18.1 Å². The number of aliphatic carboxylic acids is 1. The molecule has 3 aromatic rings. The number of anilines is 2. The molecule has 0 aliphatic heterocycles. The van der Waals surface area contributed by atoms with Gasteiger partial charge in [-0.2, -0.15) is 0 Å². The first-order valence-corrected chi connectivity index (χ1v) is 17.6. The fraction of sp³-hybridized carbons (Fsp3) is 0.325. The third-order valence-electron chi connectivity index (χ3n) is 8.21. The zero-order valence-electron chi connectivity index (χ0n) is 31.2. The highest BCUT2D eigenvalue weighted by molar-refractivity contribution is 6.39. The Morgan fingerprint density at radius 2 is 1.49 bits per heavy atom. The van der Waals surface area contributed by atoms with Crippen molar-refractivity contribution in [1.29, 1.82) is 0 Å². The molecule has 0 spiro atoms. The molecule has 3 aromatic carbocycles. The third-order valence-corrected chi connectivity index (χ3v) is 8.21. The number of carbonyl (C=O) groups excluding carboxylic acids is 5. The number of carboxylic acids is 2. The van der Waals surface area contributed by atoms with Crippen molar-refractivity contribution in [2.24, 2.45) is 11.5 Å². The van der Waals surface area contributed by atoms with Gasteiger partial charge in [0, 0.05) is 25.5 Å². The molecule has 3 rings (SSSR count). The summed E-state index contributed by atoms with van der Waals surface area (Å²) in [5.74, 6) is -7.17. The molecular formula is C40H47N5O10. The van der Waals surface area contributed by atoms with Gasteiger partial charge in [0.1, 0.15) is 17.7 Å². The monoisotopic (exact) mass is 757 g/mol. The number of benzene rings is 3. The smallest absolute Gasteiger partial charge is 0.408 e. The molecule has 15 nitrogen and oxygen atoms in total. The standard InChI is InChI=1S/C40H47N5O10/c1-5-6-12-21-44(35(48)29(23-25-13-8-7-9-14-25)43-39(54)55-40(2,3)4)32(34(42)47)24-26-17-19-30(27(22-26)18-20-33(41)46)45(36(49)38(52)53)31-16-11-10-15-28(31)37(50)51/h7-11,13-20,22,29,32H,5-6,12,21,23-24H2,1-4H3,(H2,41,46)(H2,42,47)(H,43,54)(H,50,51)(H,52,53)/b20-18+/t29-,32-/m0/s1. The van der Waals surface area contributed by atoms with Crippen LogP contribution in [0.4, 0.5) is 16.2 Å². The van der Waals surface area contributed by atoms with E-state index in [0.29, 0.717) is 23.3 Å². The van der Waals surface area contributed by atoms with Gasteiger partial charge in [-0.15, -0.1) is 0 Å². The number of unbranched alkanes of at least 4 members (excludes halogenated alkanes) is 2. The molecular weight excluding hydrogens is 710 g/mol. The van der Waals surface area contributed by atoms with Gasteiger partial charge in [-0.25, -0.2) is 14.4 Å². The average Bonchev–Trinajstić information content (AvgIpc) is 3.11. The van der Waals surface area contributed by atoms with Crippen molar-refractivity contribution in [2.45, 2.75) is 77.5 Å². The first-order valence-electron chi connectivity index (χ1n) is 17.6. The fourth-order valence-corrected chi connectivity index (χ4v) is 5.77. The SMILES string of the molecule is CCCCCN(C(=O)[C@H](Cc1ccccc1)NC(=O)OC(C)(C)C)[C@@H](Cc1ccc(N(C(=O)C(=O)O)c2ccccc2C(=O)O)c(/C=C/C(N)=O)c1)C(N)=O. The number of nitrogens with one attached hydrogen (secondary N) is 1. The van der Waals surface area contributed by atoms with E-state index in [-0.39, 0.29) is 41.9 Å². The Bertz CT molecular complexity index is 1920. The van der Waals surface area contributed by atoms with Crippen molar-refractivity contribution >= 4 is 59.1 Å². The summed E-state index contributed by atoms with van der Waals surface area (Å²) in [6.07, 6.45) is 3.20. The van der Waals surface area contributed by atoms with Crippen LogP contribution in [0.2, 0.25) is 0 Å². The lowest BCUT2D eigenvalue weighted by molar-refractivity contribution is -0.148. The third kappa shape index (κ3) is 12.6. The molecule has 7 N–H and O–H groups in total. The Kier molecular flexibility index (Phi) is 15.2. The second kappa shape index (κ2) is 19.5. The maximum atomic E-state index is 14.5. The number of primary amides is 2. The Hall–Kier alpha value is -6.51. The molecule has 0 radical (unpaired) electrons. The number of nitrogens with two attached hydrogens (primary N) is 2. The topological polar surface area (TPSA) is 240 Å². The molecule has 0 fully saturated rings. The first-order chi connectivity index (χ1) is 25.9. The van der Waals surface area contributed by atoms with Crippen LogP contribution in [0.1, 0.15) is 74.0 Å². The van der Waals surface area contributed by atoms with Crippen LogP contribution >= 0.6 is 0 Å². The highest BCUT2D eigenvalue weighted by Crippen LogP contribution is 2.34. The molecule has 15 heteroatoms. The molecule has 0 aromatic heterocycles. The van der Waals surface area contributed by atoms with Gasteiger partial charge in [-0.05, 0) is 74.2 Å². The second-order valence-electron chi connectivity index (χ2n) is 13.6. The van der Waals surface area contributed by atoms with Gasteiger partial charge in [0.25, 0.3) is 0 Å². The highest BCUT2D eigenvalue weighted by atomic mass is 16.6. The molecule has 0 bridgehead atoms. The van der Waals surface area contributed by atoms with Crippen molar-refractivity contribution < 1.29 is 48.5 Å². The number of alkyl carbamates (subject to hydrolysis) is 1. The number of nitrogens with zero attached hydrogens (tertiary/aromatic N) is 2. The number of carboxylic acid groups (broad SMARTS) is 2. The summed E-state index contributed by atoms with van der Waals surface area (Å²) in [7, 11) is 0. The van der Waals surface area contributed by atoms with Gasteiger partial charge in [-0.3, -0.25) is 24.1 Å². The Balaban J connectivity index is 2.17. The van der Waals surface area contributed by atoms with Gasteiger partial charge in [0.05, 0.1) is 16.9 Å². The van der Waals surface area contributed by atoms with Crippen LogP contribution in [0.5, 0.6) is 0 Å². The van der Waals surface area contributed by atoms with Gasteiger partial charge in [-0.1, -0.05) is 68.3 Å². The van der Waals surface area contributed by atoms with Crippen LogP contribution in [0.3, 0.4) is 0 Å². The molecule has 292 valence electrons. The van der Waals surface area contributed by atoms with E-state index < -0.39 is 59.3 Å². The molecule has 0 aliphatic carbocycles. The van der Waals surface area contributed by atoms with Crippen molar-refractivity contribution in [3.8, 4) is 0 Å². The maximum absolute atomic E-state index is 14.5. The van der Waals surface area contributed by atoms with Gasteiger partial charge in [0.15, 0.2) is 0 Å². The number of ether oxygens (including phenoxy) is 1. The van der Waals surface area contributed by atoms with Crippen LogP contribution < -0.4 is 21.7 Å². The van der Waals surface area contributed by atoms with Crippen LogP contribution in [0.25, 0.3) is 6.08 Å². The summed E-state index contributed by atoms with van der Waals surface area (Å²) in [5, 5.41) is 22.3. The lowest BCUT2D eigenvalue weighted by atomic mass is 9.97. The van der Waals surface area contributed by atoms with Gasteiger partial charge >= 0.3 is 23.9 Å². The molecule has 0 saturated heterocycles. The van der Waals surface area contributed by atoms with Gasteiger partial charge in [0.2, 0.25) is 17.7 Å². The van der Waals surface area contributed by atoms with E-state index in [1.807, 2.05) is 13.0 Å². The van der Waals surface area contributed by atoms with Crippen LogP contribution in [0.15, 0.2) is 78.9 Å². The molecule has 0 unspecified atom stereocenters. The Morgan fingerprint density at radius 3 is 2.07 bits per heavy atom. The normalized spacial score (nSPS) is 12.3. The summed E-state index contributed by atoms with van der Waals surface area (Å²) in [5.41, 5.74) is 10.8. The minimum absolute atomic E-state index is 0.0479. The van der Waals surface area contributed by atoms with E-state index in [1.165, 1.54) is 53.4 Å². The molecule has 55 heavy (non-hydrogen) atoms. The van der Waals surface area contributed by atoms with E-state index in [1.54, 1.807) is 45.0 Å². The lowest BCUT2D eigenvalue weighted by Crippen LogP contribution is -2.57.